The smallest absolute Gasteiger partial charge is 0.266 e. The minimum absolute atomic E-state index is 0.0588. The maximum atomic E-state index is 12.8. The Morgan fingerprint density at radius 1 is 1.09 bits per heavy atom. The van der Waals surface area contributed by atoms with Crippen molar-refractivity contribution in [3.8, 4) is 5.75 Å². The number of piperazine rings is 1. The molecule has 0 radical (unpaired) electrons. The Morgan fingerprint density at radius 3 is 2.56 bits per heavy atom. The SMILES string of the molecule is COc1cccc(C=C2SC(=S)N(CCC(=O)N3CCN(c4ccccc4)CC3)C2=O)c1. The Labute approximate surface area is 197 Å². The molecule has 6 nitrogen and oxygen atoms in total. The van der Waals surface area contributed by atoms with Crippen molar-refractivity contribution in [3.63, 3.8) is 0 Å². The average Bonchev–Trinajstić information content (AvgIpc) is 3.10. The highest BCUT2D eigenvalue weighted by molar-refractivity contribution is 8.26. The highest BCUT2D eigenvalue weighted by atomic mass is 32.2. The van der Waals surface area contributed by atoms with Crippen LogP contribution in [0.25, 0.3) is 6.08 Å². The molecule has 2 aromatic carbocycles. The van der Waals surface area contributed by atoms with E-state index in [0.717, 1.165) is 24.4 Å². The van der Waals surface area contributed by atoms with Crippen molar-refractivity contribution in [2.24, 2.45) is 0 Å². The highest BCUT2D eigenvalue weighted by Gasteiger charge is 2.32. The van der Waals surface area contributed by atoms with Crippen molar-refractivity contribution in [1.82, 2.24) is 9.80 Å². The van der Waals surface area contributed by atoms with E-state index < -0.39 is 0 Å². The number of carbonyl (C=O) groups excluding carboxylic acids is 2. The van der Waals surface area contributed by atoms with Gasteiger partial charge in [0.2, 0.25) is 5.91 Å². The van der Waals surface area contributed by atoms with Gasteiger partial charge < -0.3 is 14.5 Å². The second kappa shape index (κ2) is 10.2. The van der Waals surface area contributed by atoms with Gasteiger partial charge in [-0.3, -0.25) is 14.5 Å². The van der Waals surface area contributed by atoms with Gasteiger partial charge in [-0.2, -0.15) is 0 Å². The standard InChI is InChI=1S/C24H25N3O3S2/c1-30-20-9-5-6-18(16-20)17-21-23(29)27(24(31)32-21)11-10-22(28)26-14-12-25(13-15-26)19-7-3-2-4-8-19/h2-9,16-17H,10-15H2,1H3. The zero-order valence-corrected chi connectivity index (χ0v) is 19.5. The molecule has 8 heteroatoms. The van der Waals surface area contributed by atoms with E-state index in [1.54, 1.807) is 7.11 Å². The van der Waals surface area contributed by atoms with Gasteiger partial charge in [0, 0.05) is 44.8 Å². The summed E-state index contributed by atoms with van der Waals surface area (Å²) in [5.74, 6) is 0.639. The van der Waals surface area contributed by atoms with Crippen molar-refractivity contribution in [1.29, 1.82) is 0 Å². The molecule has 0 aliphatic carbocycles. The van der Waals surface area contributed by atoms with Crippen LogP contribution in [0.5, 0.6) is 5.75 Å². The normalized spacial score (nSPS) is 17.9. The summed E-state index contributed by atoms with van der Waals surface area (Å²) in [5, 5.41) is 0. The predicted molar refractivity (Wildman–Crippen MR) is 133 cm³/mol. The van der Waals surface area contributed by atoms with Crippen molar-refractivity contribution >= 4 is 51.9 Å². The van der Waals surface area contributed by atoms with Crippen LogP contribution >= 0.6 is 24.0 Å². The van der Waals surface area contributed by atoms with Crippen molar-refractivity contribution < 1.29 is 14.3 Å². The summed E-state index contributed by atoms with van der Waals surface area (Å²) in [6.07, 6.45) is 2.08. The maximum absolute atomic E-state index is 12.8. The number of para-hydroxylation sites is 1. The monoisotopic (exact) mass is 467 g/mol. The topological polar surface area (TPSA) is 53.1 Å². The molecular weight excluding hydrogens is 442 g/mol. The molecule has 166 valence electrons. The summed E-state index contributed by atoms with van der Waals surface area (Å²) in [5.41, 5.74) is 2.05. The van der Waals surface area contributed by atoms with Crippen LogP contribution in [0.2, 0.25) is 0 Å². The summed E-state index contributed by atoms with van der Waals surface area (Å²) in [6, 6.07) is 17.7. The number of hydrogen-bond donors (Lipinski definition) is 0. The molecule has 4 rings (SSSR count). The summed E-state index contributed by atoms with van der Waals surface area (Å²) >= 11 is 6.68. The summed E-state index contributed by atoms with van der Waals surface area (Å²) in [7, 11) is 1.61. The first kappa shape index (κ1) is 22.4. The van der Waals surface area contributed by atoms with E-state index in [4.69, 9.17) is 17.0 Å². The van der Waals surface area contributed by atoms with Crippen molar-refractivity contribution in [2.75, 3.05) is 44.7 Å². The Kier molecular flexibility index (Phi) is 7.12. The largest absolute Gasteiger partial charge is 0.497 e. The molecule has 2 aliphatic heterocycles. The molecule has 2 saturated heterocycles. The highest BCUT2D eigenvalue weighted by Crippen LogP contribution is 2.33. The molecule has 0 bridgehead atoms. The first-order valence-corrected chi connectivity index (χ1v) is 11.7. The van der Waals surface area contributed by atoms with Gasteiger partial charge in [0.25, 0.3) is 5.91 Å². The second-order valence-corrected chi connectivity index (χ2v) is 9.24. The van der Waals surface area contributed by atoms with Gasteiger partial charge in [-0.1, -0.05) is 54.3 Å². The zero-order chi connectivity index (χ0) is 22.5. The predicted octanol–water partition coefficient (Wildman–Crippen LogP) is 3.64. The van der Waals surface area contributed by atoms with Crippen LogP contribution in [-0.2, 0) is 9.59 Å². The molecule has 2 heterocycles. The Bertz CT molecular complexity index is 1030. The number of nitrogens with zero attached hydrogens (tertiary/aromatic N) is 3. The van der Waals surface area contributed by atoms with Crippen LogP contribution in [0.15, 0.2) is 59.5 Å². The van der Waals surface area contributed by atoms with Gasteiger partial charge in [-0.15, -0.1) is 0 Å². The molecule has 0 spiro atoms. The first-order valence-electron chi connectivity index (χ1n) is 10.5. The number of thiocarbonyl (C=S) groups is 1. The fraction of sp³-hybridized carbons (Fsp3) is 0.292. The third-order valence-electron chi connectivity index (χ3n) is 5.57. The van der Waals surface area contributed by atoms with E-state index in [-0.39, 0.29) is 18.2 Å². The first-order chi connectivity index (χ1) is 15.5. The summed E-state index contributed by atoms with van der Waals surface area (Å²) in [4.78, 5) is 31.9. The van der Waals surface area contributed by atoms with Crippen LogP contribution in [-0.4, -0.2) is 65.8 Å². The number of thioether (sulfide) groups is 1. The number of rotatable bonds is 6. The third kappa shape index (κ3) is 5.14. The van der Waals surface area contributed by atoms with E-state index in [9.17, 15) is 9.59 Å². The van der Waals surface area contributed by atoms with Crippen LogP contribution in [0, 0.1) is 0 Å². The molecule has 0 saturated carbocycles. The van der Waals surface area contributed by atoms with Crippen LogP contribution in [0.4, 0.5) is 5.69 Å². The Morgan fingerprint density at radius 2 is 1.84 bits per heavy atom. The fourth-order valence-corrected chi connectivity index (χ4v) is 5.10. The zero-order valence-electron chi connectivity index (χ0n) is 17.9. The number of carbonyl (C=O) groups is 2. The van der Waals surface area contributed by atoms with Gasteiger partial charge in [-0.05, 0) is 35.9 Å². The van der Waals surface area contributed by atoms with Crippen LogP contribution < -0.4 is 9.64 Å². The molecule has 0 aromatic heterocycles. The molecule has 2 fully saturated rings. The van der Waals surface area contributed by atoms with Gasteiger partial charge in [0.15, 0.2) is 0 Å². The minimum atomic E-state index is -0.149. The van der Waals surface area contributed by atoms with Crippen molar-refractivity contribution in [2.45, 2.75) is 6.42 Å². The van der Waals surface area contributed by atoms with E-state index in [1.807, 2.05) is 53.4 Å². The lowest BCUT2D eigenvalue weighted by Crippen LogP contribution is -2.49. The van der Waals surface area contributed by atoms with E-state index >= 15 is 0 Å². The third-order valence-corrected chi connectivity index (χ3v) is 6.95. The van der Waals surface area contributed by atoms with Crippen LogP contribution in [0.3, 0.4) is 0 Å². The Balaban J connectivity index is 1.31. The van der Waals surface area contributed by atoms with Gasteiger partial charge >= 0.3 is 0 Å². The maximum Gasteiger partial charge on any atom is 0.266 e. The van der Waals surface area contributed by atoms with E-state index in [2.05, 4.69) is 17.0 Å². The molecule has 2 aromatic rings. The number of amides is 2. The van der Waals surface area contributed by atoms with Gasteiger partial charge in [0.1, 0.15) is 10.1 Å². The number of methoxy groups -OCH3 is 1. The molecular formula is C24H25N3O3S2. The average molecular weight is 468 g/mol. The molecule has 2 aliphatic rings. The fourth-order valence-electron chi connectivity index (χ4n) is 3.79. The number of hydrogen-bond acceptors (Lipinski definition) is 6. The molecule has 0 unspecified atom stereocenters. The second-order valence-electron chi connectivity index (χ2n) is 7.56. The van der Waals surface area contributed by atoms with Crippen molar-refractivity contribution in [3.05, 3.63) is 65.1 Å². The molecule has 0 N–H and O–H groups in total. The lowest BCUT2D eigenvalue weighted by molar-refractivity contribution is -0.132. The van der Waals surface area contributed by atoms with E-state index in [0.29, 0.717) is 28.9 Å². The number of ether oxygens (including phenoxy) is 1. The van der Waals surface area contributed by atoms with E-state index in [1.165, 1.54) is 22.3 Å². The Hall–Kier alpha value is -2.84. The molecule has 0 atom stereocenters. The number of benzene rings is 2. The summed E-state index contributed by atoms with van der Waals surface area (Å²) < 4.78 is 5.73. The minimum Gasteiger partial charge on any atom is -0.497 e. The number of anilines is 1. The van der Waals surface area contributed by atoms with Gasteiger partial charge in [0.05, 0.1) is 12.0 Å². The lowest BCUT2D eigenvalue weighted by atomic mass is 10.2. The van der Waals surface area contributed by atoms with Crippen LogP contribution in [0.1, 0.15) is 12.0 Å². The summed E-state index contributed by atoms with van der Waals surface area (Å²) in [6.45, 7) is 3.28. The lowest BCUT2D eigenvalue weighted by Gasteiger charge is -2.36. The molecule has 32 heavy (non-hydrogen) atoms. The molecule has 2 amide bonds. The van der Waals surface area contributed by atoms with Gasteiger partial charge in [-0.25, -0.2) is 0 Å². The quantitative estimate of drug-likeness (QED) is 0.478.